The van der Waals surface area contributed by atoms with E-state index in [9.17, 15) is 4.79 Å². The first-order chi connectivity index (χ1) is 5.70. The number of rotatable bonds is 2. The predicted octanol–water partition coefficient (Wildman–Crippen LogP) is 1.13. The Morgan fingerprint density at radius 3 is 2.67 bits per heavy atom. The molecule has 0 aromatic heterocycles. The molecular weight excluding hydrogens is 156 g/mol. The summed E-state index contributed by atoms with van der Waals surface area (Å²) in [6.07, 6.45) is 2.20. The minimum atomic E-state index is -0.626. The van der Waals surface area contributed by atoms with Gasteiger partial charge in [-0.25, -0.2) is 0 Å². The molecule has 2 rings (SSSR count). The fourth-order valence-corrected chi connectivity index (χ4v) is 2.28. The first-order valence-corrected chi connectivity index (χ1v) is 4.54. The third-order valence-electron chi connectivity index (χ3n) is 3.14. The number of carboxylic acid groups (broad SMARTS) is 1. The number of carboxylic acids is 1. The predicted molar refractivity (Wildman–Crippen MR) is 42.8 cm³/mol. The molecule has 2 fully saturated rings. The van der Waals surface area contributed by atoms with Crippen LogP contribution in [0, 0.1) is 17.8 Å². The topological polar surface area (TPSA) is 46.5 Å². The van der Waals surface area contributed by atoms with Gasteiger partial charge in [-0.1, -0.05) is 0 Å². The van der Waals surface area contributed by atoms with Gasteiger partial charge in [0.25, 0.3) is 0 Å². The van der Waals surface area contributed by atoms with Crippen LogP contribution in [0.5, 0.6) is 0 Å². The summed E-state index contributed by atoms with van der Waals surface area (Å²) in [5.74, 6) is 0.212. The Hall–Kier alpha value is -0.570. The van der Waals surface area contributed by atoms with Crippen LogP contribution in [0.15, 0.2) is 0 Å². The summed E-state index contributed by atoms with van der Waals surface area (Å²) in [6, 6.07) is 0. The van der Waals surface area contributed by atoms with E-state index < -0.39 is 5.97 Å². The normalized spacial score (nSPS) is 46.1. The molecule has 12 heavy (non-hydrogen) atoms. The monoisotopic (exact) mass is 170 g/mol. The molecule has 3 nitrogen and oxygen atoms in total. The van der Waals surface area contributed by atoms with Crippen LogP contribution >= 0.6 is 0 Å². The summed E-state index contributed by atoms with van der Waals surface area (Å²) in [5, 5.41) is 8.73. The van der Waals surface area contributed by atoms with Crippen LogP contribution in [0.4, 0.5) is 0 Å². The first kappa shape index (κ1) is 8.05. The van der Waals surface area contributed by atoms with Gasteiger partial charge in [-0.15, -0.1) is 0 Å². The minimum absolute atomic E-state index is 0.0702. The molecule has 0 aromatic carbocycles. The van der Waals surface area contributed by atoms with E-state index in [1.165, 1.54) is 0 Å². The zero-order valence-electron chi connectivity index (χ0n) is 7.19. The maximum absolute atomic E-state index is 10.6. The standard InChI is InChI=1S/C9H14O3/c1-5-6(2-3-12-5)7-4-8(7)9(10)11/h5-8H,2-4H2,1H3,(H,10,11)/t5?,6?,7-,8+/m0/s1. The quantitative estimate of drug-likeness (QED) is 0.675. The highest BCUT2D eigenvalue weighted by Crippen LogP contribution is 2.49. The molecular formula is C9H14O3. The number of hydrogen-bond acceptors (Lipinski definition) is 2. The van der Waals surface area contributed by atoms with E-state index in [1.54, 1.807) is 0 Å². The van der Waals surface area contributed by atoms with Gasteiger partial charge >= 0.3 is 5.97 Å². The Labute approximate surface area is 71.7 Å². The summed E-state index contributed by atoms with van der Waals surface area (Å²) in [6.45, 7) is 2.86. The van der Waals surface area contributed by atoms with Crippen molar-refractivity contribution in [1.82, 2.24) is 0 Å². The Morgan fingerprint density at radius 1 is 1.50 bits per heavy atom. The van der Waals surface area contributed by atoms with Gasteiger partial charge < -0.3 is 9.84 Å². The second-order valence-electron chi connectivity index (χ2n) is 3.87. The maximum Gasteiger partial charge on any atom is 0.306 e. The van der Waals surface area contributed by atoms with Crippen molar-refractivity contribution >= 4 is 5.97 Å². The number of ether oxygens (including phenoxy) is 1. The van der Waals surface area contributed by atoms with Crippen LogP contribution in [0.25, 0.3) is 0 Å². The van der Waals surface area contributed by atoms with E-state index >= 15 is 0 Å². The van der Waals surface area contributed by atoms with Crippen molar-refractivity contribution in [2.24, 2.45) is 17.8 Å². The summed E-state index contributed by atoms with van der Waals surface area (Å²) in [4.78, 5) is 10.6. The second kappa shape index (κ2) is 2.73. The second-order valence-corrected chi connectivity index (χ2v) is 3.87. The van der Waals surface area contributed by atoms with Gasteiger partial charge in [-0.05, 0) is 31.6 Å². The number of hydrogen-bond donors (Lipinski definition) is 1. The summed E-state index contributed by atoms with van der Waals surface area (Å²) >= 11 is 0. The van der Waals surface area contributed by atoms with E-state index in [-0.39, 0.29) is 12.0 Å². The van der Waals surface area contributed by atoms with Gasteiger partial charge in [0, 0.05) is 6.61 Å². The van der Waals surface area contributed by atoms with Gasteiger partial charge in [-0.2, -0.15) is 0 Å². The average molecular weight is 170 g/mol. The van der Waals surface area contributed by atoms with Gasteiger partial charge in [-0.3, -0.25) is 4.79 Å². The van der Waals surface area contributed by atoms with Crippen LogP contribution in [0.2, 0.25) is 0 Å². The van der Waals surface area contributed by atoms with Crippen LogP contribution in [0.3, 0.4) is 0 Å². The largest absolute Gasteiger partial charge is 0.481 e. The Balaban J connectivity index is 1.91. The molecule has 0 aromatic rings. The van der Waals surface area contributed by atoms with Crippen molar-refractivity contribution in [2.45, 2.75) is 25.9 Å². The van der Waals surface area contributed by atoms with Crippen molar-refractivity contribution in [2.75, 3.05) is 6.61 Å². The molecule has 68 valence electrons. The van der Waals surface area contributed by atoms with E-state index in [1.807, 2.05) is 0 Å². The molecule has 0 amide bonds. The molecule has 0 spiro atoms. The Kier molecular flexibility index (Phi) is 1.83. The molecule has 1 aliphatic carbocycles. The summed E-state index contributed by atoms with van der Waals surface area (Å²) in [5.41, 5.74) is 0. The van der Waals surface area contributed by atoms with Gasteiger partial charge in [0.15, 0.2) is 0 Å². The smallest absolute Gasteiger partial charge is 0.306 e. The van der Waals surface area contributed by atoms with E-state index in [0.717, 1.165) is 19.4 Å². The molecule has 4 atom stereocenters. The van der Waals surface area contributed by atoms with E-state index in [2.05, 4.69) is 6.92 Å². The van der Waals surface area contributed by atoms with Gasteiger partial charge in [0.05, 0.1) is 12.0 Å². The lowest BCUT2D eigenvalue weighted by Gasteiger charge is -2.12. The fourth-order valence-electron chi connectivity index (χ4n) is 2.28. The minimum Gasteiger partial charge on any atom is -0.481 e. The van der Waals surface area contributed by atoms with Crippen molar-refractivity contribution in [1.29, 1.82) is 0 Å². The lowest BCUT2D eigenvalue weighted by Crippen LogP contribution is -2.15. The van der Waals surface area contributed by atoms with Crippen molar-refractivity contribution in [3.05, 3.63) is 0 Å². The highest BCUT2D eigenvalue weighted by Gasteiger charge is 2.50. The fraction of sp³-hybridized carbons (Fsp3) is 0.889. The summed E-state index contributed by atoms with van der Waals surface area (Å²) in [7, 11) is 0. The van der Waals surface area contributed by atoms with Gasteiger partial charge in [0.2, 0.25) is 0 Å². The van der Waals surface area contributed by atoms with Crippen molar-refractivity contribution < 1.29 is 14.6 Å². The molecule has 0 radical (unpaired) electrons. The zero-order chi connectivity index (χ0) is 8.72. The average Bonchev–Trinajstić information content (AvgIpc) is 2.70. The molecule has 0 bridgehead atoms. The Bertz CT molecular complexity index is 202. The van der Waals surface area contributed by atoms with Crippen LogP contribution in [0.1, 0.15) is 19.8 Å². The van der Waals surface area contributed by atoms with Crippen LogP contribution < -0.4 is 0 Å². The maximum atomic E-state index is 10.6. The molecule has 1 saturated carbocycles. The highest BCUT2D eigenvalue weighted by atomic mass is 16.5. The Morgan fingerprint density at radius 2 is 2.25 bits per heavy atom. The first-order valence-electron chi connectivity index (χ1n) is 4.54. The molecule has 1 heterocycles. The van der Waals surface area contributed by atoms with Crippen molar-refractivity contribution in [3.8, 4) is 0 Å². The zero-order valence-corrected chi connectivity index (χ0v) is 7.19. The third-order valence-corrected chi connectivity index (χ3v) is 3.14. The number of carbonyl (C=O) groups is 1. The lowest BCUT2D eigenvalue weighted by atomic mass is 9.95. The van der Waals surface area contributed by atoms with E-state index in [4.69, 9.17) is 9.84 Å². The highest BCUT2D eigenvalue weighted by molar-refractivity contribution is 5.73. The SMILES string of the molecule is CC1OCCC1[C@@H]1C[C@H]1C(=O)O. The molecule has 1 aliphatic heterocycles. The molecule has 1 N–H and O–H groups in total. The molecule has 2 aliphatic rings. The third kappa shape index (κ3) is 1.22. The van der Waals surface area contributed by atoms with Crippen LogP contribution in [-0.4, -0.2) is 23.8 Å². The van der Waals surface area contributed by atoms with E-state index in [0.29, 0.717) is 11.8 Å². The molecule has 3 heteroatoms. The van der Waals surface area contributed by atoms with Crippen LogP contribution in [-0.2, 0) is 9.53 Å². The van der Waals surface area contributed by atoms with Gasteiger partial charge in [0.1, 0.15) is 0 Å². The molecule has 2 unspecified atom stereocenters. The van der Waals surface area contributed by atoms with Crippen molar-refractivity contribution in [3.63, 3.8) is 0 Å². The molecule has 1 saturated heterocycles. The number of aliphatic carboxylic acids is 1. The lowest BCUT2D eigenvalue weighted by molar-refractivity contribution is -0.139. The summed E-state index contributed by atoms with van der Waals surface area (Å²) < 4.78 is 5.40.